The van der Waals surface area contributed by atoms with Crippen LogP contribution in [-0.2, 0) is 9.53 Å². The van der Waals surface area contributed by atoms with Crippen LogP contribution in [0.5, 0.6) is 0 Å². The number of ether oxygens (including phenoxy) is 1. The Labute approximate surface area is 207 Å². The van der Waals surface area contributed by atoms with E-state index in [0.717, 1.165) is 52.0 Å². The zero-order valence-electron chi connectivity index (χ0n) is 19.1. The molecule has 0 unspecified atom stereocenters. The van der Waals surface area contributed by atoms with Gasteiger partial charge in [-0.2, -0.15) is 0 Å². The molecule has 0 radical (unpaired) electrons. The average molecular weight is 499 g/mol. The molecular weight excluding hydrogens is 472 g/mol. The number of carbonyl (C=O) groups excluding carboxylic acids is 2. The van der Waals surface area contributed by atoms with Crippen LogP contribution < -0.4 is 16.4 Å². The van der Waals surface area contributed by atoms with Gasteiger partial charge in [-0.3, -0.25) is 14.5 Å². The number of amides is 2. The number of nitrogens with zero attached hydrogens (tertiary/aromatic N) is 3. The second-order valence-electron chi connectivity index (χ2n) is 8.85. The summed E-state index contributed by atoms with van der Waals surface area (Å²) in [6.07, 6.45) is 4.87. The normalized spacial score (nSPS) is 21.1. The van der Waals surface area contributed by atoms with Crippen molar-refractivity contribution in [1.82, 2.24) is 14.9 Å². The van der Waals surface area contributed by atoms with Crippen molar-refractivity contribution in [2.24, 2.45) is 5.92 Å². The number of aromatic nitrogens is 2. The lowest BCUT2D eigenvalue weighted by Gasteiger charge is -2.38. The van der Waals surface area contributed by atoms with E-state index >= 15 is 0 Å². The fourth-order valence-corrected chi connectivity index (χ4v) is 4.87. The molecule has 35 heavy (non-hydrogen) atoms. The molecular formula is C24H27ClN6O4. The third-order valence-electron chi connectivity index (χ3n) is 6.61. The van der Waals surface area contributed by atoms with Crippen LogP contribution in [0.4, 0.5) is 17.3 Å². The second-order valence-corrected chi connectivity index (χ2v) is 9.28. The number of morpholine rings is 1. The van der Waals surface area contributed by atoms with Crippen molar-refractivity contribution in [3.63, 3.8) is 0 Å². The van der Waals surface area contributed by atoms with Crippen molar-refractivity contribution in [1.29, 1.82) is 0 Å². The summed E-state index contributed by atoms with van der Waals surface area (Å²) >= 11 is 5.87. The molecule has 1 aliphatic carbocycles. The van der Waals surface area contributed by atoms with E-state index in [4.69, 9.17) is 26.5 Å². The SMILES string of the molecule is Nc1ccc2oc(C(=O)Nc3ccc(Cl)cn3)c(NC(=O)[C@H]3CC[C@H](N4CCOCC4)CC3)c2n1. The van der Waals surface area contributed by atoms with Crippen LogP contribution in [0.2, 0.25) is 5.02 Å². The van der Waals surface area contributed by atoms with Gasteiger partial charge < -0.3 is 25.5 Å². The average Bonchev–Trinajstić information content (AvgIpc) is 3.23. The molecule has 3 aromatic heterocycles. The first-order chi connectivity index (χ1) is 17.0. The summed E-state index contributed by atoms with van der Waals surface area (Å²) in [4.78, 5) is 37.1. The number of nitrogens with one attached hydrogen (secondary N) is 2. The highest BCUT2D eigenvalue weighted by Gasteiger charge is 2.32. The van der Waals surface area contributed by atoms with E-state index in [0.29, 0.717) is 28.0 Å². The Balaban J connectivity index is 1.33. The Morgan fingerprint density at radius 1 is 1.06 bits per heavy atom. The minimum absolute atomic E-state index is 0.0646. The molecule has 2 amide bonds. The smallest absolute Gasteiger partial charge is 0.294 e. The maximum absolute atomic E-state index is 13.2. The van der Waals surface area contributed by atoms with Gasteiger partial charge in [0.05, 0.1) is 18.2 Å². The highest BCUT2D eigenvalue weighted by molar-refractivity contribution is 6.30. The van der Waals surface area contributed by atoms with Gasteiger partial charge in [-0.25, -0.2) is 9.97 Å². The third kappa shape index (κ3) is 5.24. The van der Waals surface area contributed by atoms with E-state index < -0.39 is 5.91 Å². The Kier molecular flexibility index (Phi) is 6.85. The first-order valence-electron chi connectivity index (χ1n) is 11.7. The topological polar surface area (TPSA) is 136 Å². The summed E-state index contributed by atoms with van der Waals surface area (Å²) in [5.41, 5.74) is 6.76. The van der Waals surface area contributed by atoms with E-state index in [2.05, 4.69) is 25.5 Å². The third-order valence-corrected chi connectivity index (χ3v) is 6.83. The van der Waals surface area contributed by atoms with Crippen LogP contribution in [0.25, 0.3) is 11.1 Å². The van der Waals surface area contributed by atoms with Crippen LogP contribution in [-0.4, -0.2) is 59.0 Å². The molecule has 4 heterocycles. The van der Waals surface area contributed by atoms with Gasteiger partial charge in [0, 0.05) is 31.2 Å². The molecule has 0 bridgehead atoms. The Morgan fingerprint density at radius 2 is 1.83 bits per heavy atom. The summed E-state index contributed by atoms with van der Waals surface area (Å²) in [6, 6.07) is 6.86. The Hall–Kier alpha value is -3.21. The van der Waals surface area contributed by atoms with Crippen LogP contribution >= 0.6 is 11.6 Å². The fourth-order valence-electron chi connectivity index (χ4n) is 4.76. The van der Waals surface area contributed by atoms with Gasteiger partial charge >= 0.3 is 0 Å². The number of pyridine rings is 2. The maximum atomic E-state index is 13.2. The van der Waals surface area contributed by atoms with Crippen LogP contribution in [0.15, 0.2) is 34.9 Å². The highest BCUT2D eigenvalue weighted by Crippen LogP contribution is 2.34. The first-order valence-corrected chi connectivity index (χ1v) is 12.1. The number of nitrogen functional groups attached to an aromatic ring is 1. The highest BCUT2D eigenvalue weighted by atomic mass is 35.5. The Morgan fingerprint density at radius 3 is 2.54 bits per heavy atom. The van der Waals surface area contributed by atoms with Crippen molar-refractivity contribution < 1.29 is 18.7 Å². The molecule has 1 saturated heterocycles. The monoisotopic (exact) mass is 498 g/mol. The van der Waals surface area contributed by atoms with Crippen molar-refractivity contribution >= 4 is 51.8 Å². The number of anilines is 3. The molecule has 10 nitrogen and oxygen atoms in total. The summed E-state index contributed by atoms with van der Waals surface area (Å²) in [5, 5.41) is 6.03. The van der Waals surface area contributed by atoms with E-state index in [-0.39, 0.29) is 29.1 Å². The second kappa shape index (κ2) is 10.2. The summed E-state index contributed by atoms with van der Waals surface area (Å²) < 4.78 is 11.2. The van der Waals surface area contributed by atoms with Crippen molar-refractivity contribution in [2.45, 2.75) is 31.7 Å². The van der Waals surface area contributed by atoms with Crippen LogP contribution in [0.1, 0.15) is 36.2 Å². The molecule has 2 aliphatic rings. The lowest BCUT2D eigenvalue weighted by atomic mass is 9.84. The van der Waals surface area contributed by atoms with E-state index in [1.54, 1.807) is 24.3 Å². The van der Waals surface area contributed by atoms with Gasteiger partial charge in [-0.1, -0.05) is 11.6 Å². The standard InChI is InChI=1S/C24H27ClN6O4/c25-15-3-8-19(27-13-15)29-24(33)22-21(20-17(35-22)6-7-18(26)28-20)30-23(32)14-1-4-16(5-2-14)31-9-11-34-12-10-31/h3,6-8,13-14,16H,1-2,4-5,9-12H2,(H2,26,28)(H,30,32)(H,27,29,33)/t14-,16-. The molecule has 11 heteroatoms. The number of hydrogen-bond acceptors (Lipinski definition) is 8. The van der Waals surface area contributed by atoms with Gasteiger partial charge in [-0.05, 0) is 49.9 Å². The van der Waals surface area contributed by atoms with Gasteiger partial charge in [0.15, 0.2) is 5.58 Å². The Bertz CT molecular complexity index is 1220. The predicted molar refractivity (Wildman–Crippen MR) is 132 cm³/mol. The number of fused-ring (bicyclic) bond motifs is 1. The fraction of sp³-hybridized carbons (Fsp3) is 0.417. The first kappa shape index (κ1) is 23.5. The van der Waals surface area contributed by atoms with Crippen molar-refractivity contribution in [3.05, 3.63) is 41.2 Å². The van der Waals surface area contributed by atoms with Gasteiger partial charge in [0.25, 0.3) is 5.91 Å². The molecule has 0 spiro atoms. The lowest BCUT2D eigenvalue weighted by molar-refractivity contribution is -0.121. The minimum atomic E-state index is -0.567. The molecule has 4 N–H and O–H groups in total. The zero-order valence-corrected chi connectivity index (χ0v) is 19.9. The predicted octanol–water partition coefficient (Wildman–Crippen LogP) is 3.54. The lowest BCUT2D eigenvalue weighted by Crippen LogP contribution is -2.45. The molecule has 0 aromatic carbocycles. The summed E-state index contributed by atoms with van der Waals surface area (Å²) in [5.74, 6) is -0.395. The van der Waals surface area contributed by atoms with E-state index in [1.165, 1.54) is 6.20 Å². The quantitative estimate of drug-likeness (QED) is 0.486. The minimum Gasteiger partial charge on any atom is -0.447 e. The van der Waals surface area contributed by atoms with Crippen molar-refractivity contribution in [3.8, 4) is 0 Å². The van der Waals surface area contributed by atoms with Gasteiger partial charge in [-0.15, -0.1) is 0 Å². The molecule has 184 valence electrons. The number of halogens is 1. The van der Waals surface area contributed by atoms with Gasteiger partial charge in [0.1, 0.15) is 22.8 Å². The molecule has 1 aliphatic heterocycles. The molecule has 5 rings (SSSR count). The molecule has 1 saturated carbocycles. The van der Waals surface area contributed by atoms with Crippen LogP contribution in [0, 0.1) is 5.92 Å². The number of furan rings is 1. The number of hydrogen-bond donors (Lipinski definition) is 3. The van der Waals surface area contributed by atoms with Crippen LogP contribution in [0.3, 0.4) is 0 Å². The summed E-state index contributed by atoms with van der Waals surface area (Å²) in [7, 11) is 0. The van der Waals surface area contributed by atoms with E-state index in [1.807, 2.05) is 0 Å². The largest absolute Gasteiger partial charge is 0.447 e. The molecule has 3 aromatic rings. The van der Waals surface area contributed by atoms with Gasteiger partial charge in [0.2, 0.25) is 11.7 Å². The number of nitrogens with two attached hydrogens (primary N) is 1. The summed E-state index contributed by atoms with van der Waals surface area (Å²) in [6.45, 7) is 3.41. The van der Waals surface area contributed by atoms with E-state index in [9.17, 15) is 9.59 Å². The molecule has 2 fully saturated rings. The maximum Gasteiger partial charge on any atom is 0.294 e. The zero-order chi connectivity index (χ0) is 24.4. The van der Waals surface area contributed by atoms with Crippen molar-refractivity contribution in [2.75, 3.05) is 42.7 Å². The molecule has 0 atom stereocenters. The number of rotatable bonds is 5. The number of carbonyl (C=O) groups is 2.